The molecule has 1 heterocycles. The van der Waals surface area contributed by atoms with E-state index in [2.05, 4.69) is 31.0 Å². The number of carbonyl (C=O) groups is 7. The lowest BCUT2D eigenvalue weighted by molar-refractivity contribution is -0.154. The molecule has 3 aromatic rings. The van der Waals surface area contributed by atoms with E-state index in [0.29, 0.717) is 40.0 Å². The van der Waals surface area contributed by atoms with Gasteiger partial charge in [0.15, 0.2) is 0 Å². The van der Waals surface area contributed by atoms with Gasteiger partial charge in [0, 0.05) is 32.0 Å². The lowest BCUT2D eigenvalue weighted by Gasteiger charge is -2.34. The summed E-state index contributed by atoms with van der Waals surface area (Å²) in [4.78, 5) is 102. The van der Waals surface area contributed by atoms with Gasteiger partial charge in [-0.05, 0) is 123 Å². The second-order valence-electron chi connectivity index (χ2n) is 22.4. The number of guanidine groups is 1. The summed E-state index contributed by atoms with van der Waals surface area (Å²) in [7, 11) is -2.86. The molecule has 428 valence electrons. The maximum absolute atomic E-state index is 14.8. The van der Waals surface area contributed by atoms with Crippen LogP contribution in [0.25, 0.3) is 0 Å². The topological polar surface area (TPSA) is 292 Å². The minimum absolute atomic E-state index is 0.0655. The van der Waals surface area contributed by atoms with Gasteiger partial charge in [-0.15, -0.1) is 0 Å². The van der Waals surface area contributed by atoms with Crippen molar-refractivity contribution in [2.24, 2.45) is 16.6 Å². The summed E-state index contributed by atoms with van der Waals surface area (Å²) in [6.07, 6.45) is -1.24. The fourth-order valence-electron chi connectivity index (χ4n) is 8.80. The largest absolute Gasteiger partial charge is 0.487 e. The third kappa shape index (κ3) is 19.0. The van der Waals surface area contributed by atoms with Crippen molar-refractivity contribution in [3.05, 3.63) is 94.0 Å². The smallest absolute Gasteiger partial charge is 0.408 e. The molecule has 0 spiro atoms. The average molecular weight is 1110 g/mol. The quantitative estimate of drug-likeness (QED) is 0.0243. The number of benzene rings is 3. The Hall–Kier alpha value is -7.23. The fraction of sp³-hybridized carbons (Fsp3) is 0.536. The molecule has 7 N–H and O–H groups in total. The number of likely N-dealkylation sites (N-methyl/N-ethyl adjacent to an activating group) is 1. The number of nitrogens with two attached hydrogens (primary N) is 1. The summed E-state index contributed by atoms with van der Waals surface area (Å²) in [6, 6.07) is 12.0. The molecule has 22 heteroatoms. The SMILES string of the molecule is Cc1c(C)c(S(=O)(=O)NC(N)=NCCC[C@H](NC(=O)[C@H](C(C)C)N(C)C(=O)[C@@H](Cc2ccccc2)NC(=O)[C@H](CC(=O)OCc2ccccc2)NC(=O)OC(C)(C)C)C(=O)NCC(=O)OC(C)(C)C)c(C)c2c1OC(C)(C)C2. The molecule has 0 aliphatic carbocycles. The summed E-state index contributed by atoms with van der Waals surface area (Å²) >= 11 is 0. The van der Waals surface area contributed by atoms with Gasteiger partial charge in [0.05, 0.1) is 11.3 Å². The number of hydrogen-bond acceptors (Lipinski definition) is 14. The first-order valence-corrected chi connectivity index (χ1v) is 27.4. The number of aliphatic imine (C=N–C) groups is 1. The van der Waals surface area contributed by atoms with Crippen LogP contribution in [0.15, 0.2) is 70.6 Å². The third-order valence-electron chi connectivity index (χ3n) is 12.4. The van der Waals surface area contributed by atoms with Crippen molar-refractivity contribution in [2.75, 3.05) is 20.1 Å². The van der Waals surface area contributed by atoms with E-state index in [1.165, 1.54) is 7.05 Å². The summed E-state index contributed by atoms with van der Waals surface area (Å²) in [5.41, 5.74) is 7.63. The Morgan fingerprint density at radius 1 is 0.756 bits per heavy atom. The summed E-state index contributed by atoms with van der Waals surface area (Å²) < 4.78 is 52.4. The van der Waals surface area contributed by atoms with Gasteiger partial charge in [0.25, 0.3) is 10.0 Å². The van der Waals surface area contributed by atoms with Crippen LogP contribution in [-0.2, 0) is 72.4 Å². The van der Waals surface area contributed by atoms with Gasteiger partial charge < -0.3 is 50.8 Å². The summed E-state index contributed by atoms with van der Waals surface area (Å²) in [5.74, 6) is -5.12. The molecule has 0 saturated heterocycles. The van der Waals surface area contributed by atoms with E-state index in [1.54, 1.807) is 137 Å². The van der Waals surface area contributed by atoms with Crippen LogP contribution < -0.4 is 36.5 Å². The third-order valence-corrected chi connectivity index (χ3v) is 14.0. The zero-order valence-corrected chi connectivity index (χ0v) is 48.3. The molecular formula is C56H80N8O13S. The number of nitrogens with one attached hydrogen (secondary N) is 5. The molecule has 0 aromatic heterocycles. The van der Waals surface area contributed by atoms with Gasteiger partial charge in [0.1, 0.15) is 59.9 Å². The van der Waals surface area contributed by atoms with Crippen molar-refractivity contribution >= 4 is 57.6 Å². The van der Waals surface area contributed by atoms with E-state index in [0.717, 1.165) is 10.5 Å². The van der Waals surface area contributed by atoms with E-state index in [-0.39, 0.29) is 37.3 Å². The number of nitrogens with zero attached hydrogens (tertiary/aromatic N) is 2. The first-order chi connectivity index (χ1) is 36.2. The van der Waals surface area contributed by atoms with Crippen molar-refractivity contribution in [2.45, 2.75) is 175 Å². The van der Waals surface area contributed by atoms with Crippen LogP contribution in [0, 0.1) is 26.7 Å². The number of rotatable bonds is 23. The number of sulfonamides is 1. The maximum atomic E-state index is 14.8. The standard InChI is InChI=1S/C56H80N8O13S/c1-33(2)45(64(14)51(70)42(28-37-22-17-15-18-23-37)61-49(68)41(62-53(71)77-55(9,10)11)29-43(65)74-32-38-24-19-16-20-25-38)50(69)60-40(48(67)59-31-44(66)75-54(6,7)8)26-21-27-58-52(57)63-78(72,73)47-35(4)34(3)46-39(36(47)5)30-56(12,13)76-46/h15-20,22-25,33,40-42,45H,21,26-32H2,1-14H3,(H,59,67)(H,60,69)(H,61,68)(H,62,71)(H3,57,58,63)/t40-,41-,42+,45-/m0/s1. The minimum atomic E-state index is -4.23. The molecule has 0 unspecified atom stereocenters. The lowest BCUT2D eigenvalue weighted by atomic mass is 9.94. The predicted octanol–water partition coefficient (Wildman–Crippen LogP) is 4.88. The number of carbonyl (C=O) groups excluding carboxylic acids is 7. The Bertz CT molecular complexity index is 2790. The van der Waals surface area contributed by atoms with Gasteiger partial charge >= 0.3 is 18.0 Å². The first-order valence-electron chi connectivity index (χ1n) is 25.9. The minimum Gasteiger partial charge on any atom is -0.487 e. The summed E-state index contributed by atoms with van der Waals surface area (Å²) in [5, 5.41) is 10.4. The molecule has 0 bridgehead atoms. The highest BCUT2D eigenvalue weighted by atomic mass is 32.2. The zero-order valence-electron chi connectivity index (χ0n) is 47.5. The van der Waals surface area contributed by atoms with E-state index in [4.69, 9.17) is 24.7 Å². The molecule has 3 aromatic carbocycles. The normalized spacial score (nSPS) is 14.8. The number of alkyl carbamates (subject to hydrolysis) is 1. The second kappa shape index (κ2) is 26.9. The molecule has 4 atom stereocenters. The first kappa shape index (κ1) is 63.3. The molecular weight excluding hydrogens is 1020 g/mol. The van der Waals surface area contributed by atoms with Crippen LogP contribution >= 0.6 is 0 Å². The highest BCUT2D eigenvalue weighted by Crippen LogP contribution is 2.43. The number of esters is 2. The number of fused-ring (bicyclic) bond motifs is 1. The Morgan fingerprint density at radius 3 is 1.91 bits per heavy atom. The molecule has 5 amide bonds. The van der Waals surface area contributed by atoms with Crippen molar-refractivity contribution in [1.29, 1.82) is 0 Å². The Balaban J connectivity index is 1.58. The molecule has 0 radical (unpaired) electrons. The maximum Gasteiger partial charge on any atom is 0.408 e. The predicted molar refractivity (Wildman–Crippen MR) is 293 cm³/mol. The highest BCUT2D eigenvalue weighted by molar-refractivity contribution is 7.90. The van der Waals surface area contributed by atoms with Crippen molar-refractivity contribution in [3.8, 4) is 5.75 Å². The van der Waals surface area contributed by atoms with Crippen LogP contribution in [0.2, 0.25) is 0 Å². The van der Waals surface area contributed by atoms with E-state index >= 15 is 0 Å². The van der Waals surface area contributed by atoms with Crippen LogP contribution in [0.4, 0.5) is 4.79 Å². The van der Waals surface area contributed by atoms with Gasteiger partial charge in [-0.1, -0.05) is 74.5 Å². The van der Waals surface area contributed by atoms with Crippen LogP contribution in [0.3, 0.4) is 0 Å². The van der Waals surface area contributed by atoms with Gasteiger partial charge in [-0.3, -0.25) is 33.8 Å². The zero-order chi connectivity index (χ0) is 58.5. The summed E-state index contributed by atoms with van der Waals surface area (Å²) in [6.45, 7) is 21.5. The molecule has 21 nitrogen and oxygen atoms in total. The van der Waals surface area contributed by atoms with Gasteiger partial charge in [0.2, 0.25) is 29.6 Å². The molecule has 0 fully saturated rings. The Kier molecular flexibility index (Phi) is 21.8. The van der Waals surface area contributed by atoms with E-state index in [1.807, 2.05) is 13.8 Å². The van der Waals surface area contributed by atoms with Crippen LogP contribution in [0.1, 0.15) is 122 Å². The van der Waals surface area contributed by atoms with Crippen molar-refractivity contribution in [1.82, 2.24) is 30.9 Å². The van der Waals surface area contributed by atoms with Crippen LogP contribution in [0.5, 0.6) is 5.75 Å². The molecule has 4 rings (SSSR count). The Labute approximate surface area is 458 Å². The fourth-order valence-corrected chi connectivity index (χ4v) is 10.3. The molecule has 0 saturated carbocycles. The molecule has 1 aliphatic rings. The number of hydrogen-bond donors (Lipinski definition) is 6. The number of amides is 5. The monoisotopic (exact) mass is 1100 g/mol. The highest BCUT2D eigenvalue weighted by Gasteiger charge is 2.39. The Morgan fingerprint density at radius 2 is 1.33 bits per heavy atom. The number of ether oxygens (including phenoxy) is 4. The average Bonchev–Trinajstić information content (AvgIpc) is 3.74. The van der Waals surface area contributed by atoms with E-state index in [9.17, 15) is 42.0 Å². The van der Waals surface area contributed by atoms with E-state index < -0.39 is 117 Å². The molecule has 1 aliphatic heterocycles. The molecule has 78 heavy (non-hydrogen) atoms. The van der Waals surface area contributed by atoms with Crippen molar-refractivity contribution in [3.63, 3.8) is 0 Å². The van der Waals surface area contributed by atoms with Gasteiger partial charge in [-0.2, -0.15) is 0 Å². The lowest BCUT2D eigenvalue weighted by Crippen LogP contribution is -2.60. The second-order valence-corrected chi connectivity index (χ2v) is 24.0. The van der Waals surface area contributed by atoms with Gasteiger partial charge in [-0.25, -0.2) is 17.9 Å². The van der Waals surface area contributed by atoms with Crippen molar-refractivity contribution < 1.29 is 60.9 Å². The van der Waals surface area contributed by atoms with Crippen LogP contribution in [-0.4, -0.2) is 122 Å².